The molecule has 0 saturated carbocycles. The zero-order valence-electron chi connectivity index (χ0n) is 6.72. The minimum atomic E-state index is 0.491. The summed E-state index contributed by atoms with van der Waals surface area (Å²) in [5.74, 6) is 1.39. The lowest BCUT2D eigenvalue weighted by molar-refractivity contribution is 0.399. The number of pyridine rings is 1. The number of halogens is 1. The van der Waals surface area contributed by atoms with E-state index in [2.05, 4.69) is 10.3 Å². The fraction of sp³-hybridized carbons (Fsp3) is 0.375. The lowest BCUT2D eigenvalue weighted by atomic mass is 10.2. The second-order valence-corrected chi connectivity index (χ2v) is 3.07. The molecule has 0 atom stereocenters. The SMILES string of the molecule is COc1nc2c(cc1Cl)CCN2. The fourth-order valence-electron chi connectivity index (χ4n) is 1.31. The Kier molecular flexibility index (Phi) is 1.81. The summed E-state index contributed by atoms with van der Waals surface area (Å²) in [5, 5.41) is 3.74. The van der Waals surface area contributed by atoms with E-state index in [1.165, 1.54) is 5.56 Å². The average Bonchev–Trinajstić information content (AvgIpc) is 2.49. The predicted molar refractivity (Wildman–Crippen MR) is 48.0 cm³/mol. The number of anilines is 1. The van der Waals surface area contributed by atoms with Gasteiger partial charge in [-0.1, -0.05) is 11.6 Å². The maximum Gasteiger partial charge on any atom is 0.234 e. The Morgan fingerprint density at radius 1 is 1.67 bits per heavy atom. The summed E-state index contributed by atoms with van der Waals surface area (Å²) in [6.07, 6.45) is 0.992. The van der Waals surface area contributed by atoms with E-state index in [1.54, 1.807) is 7.11 Å². The van der Waals surface area contributed by atoms with Crippen molar-refractivity contribution in [3.8, 4) is 5.88 Å². The van der Waals surface area contributed by atoms with Gasteiger partial charge in [0.25, 0.3) is 0 Å². The Bertz CT molecular complexity index is 313. The summed E-state index contributed by atoms with van der Waals surface area (Å²) in [6, 6.07) is 1.91. The Balaban J connectivity index is 2.49. The van der Waals surface area contributed by atoms with Crippen LogP contribution < -0.4 is 10.1 Å². The van der Waals surface area contributed by atoms with Crippen LogP contribution in [0, 0.1) is 0 Å². The van der Waals surface area contributed by atoms with E-state index in [-0.39, 0.29) is 0 Å². The Labute approximate surface area is 75.7 Å². The van der Waals surface area contributed by atoms with Crippen LogP contribution in [0.4, 0.5) is 5.82 Å². The van der Waals surface area contributed by atoms with Crippen molar-refractivity contribution in [3.05, 3.63) is 16.7 Å². The molecule has 0 aromatic carbocycles. The van der Waals surface area contributed by atoms with E-state index >= 15 is 0 Å². The van der Waals surface area contributed by atoms with Crippen LogP contribution in [0.3, 0.4) is 0 Å². The first kappa shape index (κ1) is 7.68. The summed E-state index contributed by atoms with van der Waals surface area (Å²) < 4.78 is 4.99. The number of rotatable bonds is 1. The van der Waals surface area contributed by atoms with E-state index in [9.17, 15) is 0 Å². The highest BCUT2D eigenvalue weighted by Crippen LogP contribution is 2.29. The molecule has 0 amide bonds. The minimum absolute atomic E-state index is 0.491. The molecule has 1 aromatic rings. The average molecular weight is 185 g/mol. The molecule has 2 heterocycles. The maximum absolute atomic E-state index is 5.89. The molecule has 1 aromatic heterocycles. The second kappa shape index (κ2) is 2.83. The molecule has 4 heteroatoms. The number of methoxy groups -OCH3 is 1. The first-order chi connectivity index (χ1) is 5.81. The van der Waals surface area contributed by atoms with Gasteiger partial charge in [-0.05, 0) is 18.1 Å². The summed E-state index contributed by atoms with van der Waals surface area (Å²) in [4.78, 5) is 4.21. The monoisotopic (exact) mass is 184 g/mol. The highest BCUT2D eigenvalue weighted by Gasteiger charge is 2.14. The summed E-state index contributed by atoms with van der Waals surface area (Å²) >= 11 is 5.89. The Morgan fingerprint density at radius 2 is 2.50 bits per heavy atom. The Hall–Kier alpha value is -0.960. The smallest absolute Gasteiger partial charge is 0.234 e. The topological polar surface area (TPSA) is 34.1 Å². The molecule has 64 valence electrons. The van der Waals surface area contributed by atoms with Crippen LogP contribution in [-0.4, -0.2) is 18.6 Å². The van der Waals surface area contributed by atoms with Crippen molar-refractivity contribution in [1.29, 1.82) is 0 Å². The third kappa shape index (κ3) is 1.10. The molecule has 1 aliphatic heterocycles. The van der Waals surface area contributed by atoms with Gasteiger partial charge in [0.15, 0.2) is 0 Å². The number of hydrogen-bond donors (Lipinski definition) is 1. The zero-order chi connectivity index (χ0) is 8.55. The number of nitrogens with one attached hydrogen (secondary N) is 1. The van der Waals surface area contributed by atoms with Crippen LogP contribution in [0.15, 0.2) is 6.07 Å². The molecule has 1 N–H and O–H groups in total. The number of ether oxygens (including phenoxy) is 1. The van der Waals surface area contributed by atoms with E-state index in [4.69, 9.17) is 16.3 Å². The zero-order valence-corrected chi connectivity index (χ0v) is 7.48. The van der Waals surface area contributed by atoms with E-state index in [0.29, 0.717) is 10.9 Å². The first-order valence-electron chi connectivity index (χ1n) is 3.78. The van der Waals surface area contributed by atoms with Crippen LogP contribution in [0.1, 0.15) is 5.56 Å². The molecule has 0 bridgehead atoms. The van der Waals surface area contributed by atoms with Crippen LogP contribution in [0.2, 0.25) is 5.02 Å². The highest BCUT2D eigenvalue weighted by atomic mass is 35.5. The molecule has 0 fully saturated rings. The molecule has 3 nitrogen and oxygen atoms in total. The third-order valence-electron chi connectivity index (χ3n) is 1.90. The molecule has 1 aliphatic rings. The number of fused-ring (bicyclic) bond motifs is 1. The van der Waals surface area contributed by atoms with Crippen molar-refractivity contribution in [2.75, 3.05) is 19.0 Å². The third-order valence-corrected chi connectivity index (χ3v) is 2.17. The van der Waals surface area contributed by atoms with Gasteiger partial charge in [0, 0.05) is 6.54 Å². The predicted octanol–water partition coefficient (Wildman–Crippen LogP) is 1.71. The summed E-state index contributed by atoms with van der Waals surface area (Å²) in [5.41, 5.74) is 1.17. The molecule has 2 rings (SSSR count). The van der Waals surface area contributed by atoms with Gasteiger partial charge in [-0.15, -0.1) is 0 Å². The highest BCUT2D eigenvalue weighted by molar-refractivity contribution is 6.32. The number of hydrogen-bond acceptors (Lipinski definition) is 3. The molecule has 12 heavy (non-hydrogen) atoms. The van der Waals surface area contributed by atoms with Crippen molar-refractivity contribution in [2.45, 2.75) is 6.42 Å². The van der Waals surface area contributed by atoms with Crippen molar-refractivity contribution >= 4 is 17.4 Å². The van der Waals surface area contributed by atoms with Gasteiger partial charge in [0.05, 0.1) is 7.11 Å². The van der Waals surface area contributed by atoms with Crippen LogP contribution in [-0.2, 0) is 6.42 Å². The van der Waals surface area contributed by atoms with Gasteiger partial charge >= 0.3 is 0 Å². The van der Waals surface area contributed by atoms with Crippen LogP contribution in [0.5, 0.6) is 5.88 Å². The van der Waals surface area contributed by atoms with Crippen LogP contribution in [0.25, 0.3) is 0 Å². The van der Waals surface area contributed by atoms with Gasteiger partial charge in [0.2, 0.25) is 5.88 Å². The normalized spacial score (nSPS) is 13.8. The van der Waals surface area contributed by atoms with E-state index in [1.807, 2.05) is 6.07 Å². The maximum atomic E-state index is 5.89. The van der Waals surface area contributed by atoms with Gasteiger partial charge < -0.3 is 10.1 Å². The minimum Gasteiger partial charge on any atom is -0.480 e. The molecule has 0 radical (unpaired) electrons. The number of nitrogens with zero attached hydrogens (tertiary/aromatic N) is 1. The fourth-order valence-corrected chi connectivity index (χ4v) is 1.56. The lowest BCUT2D eigenvalue weighted by Crippen LogP contribution is -1.95. The summed E-state index contributed by atoms with van der Waals surface area (Å²) in [7, 11) is 1.57. The van der Waals surface area contributed by atoms with Gasteiger partial charge in [-0.2, -0.15) is 4.98 Å². The van der Waals surface area contributed by atoms with Crippen molar-refractivity contribution < 1.29 is 4.74 Å². The molecule has 0 aliphatic carbocycles. The van der Waals surface area contributed by atoms with E-state index in [0.717, 1.165) is 18.8 Å². The molecule has 0 unspecified atom stereocenters. The second-order valence-electron chi connectivity index (χ2n) is 2.66. The van der Waals surface area contributed by atoms with Gasteiger partial charge in [-0.3, -0.25) is 0 Å². The van der Waals surface area contributed by atoms with Crippen LogP contribution >= 0.6 is 11.6 Å². The molecule has 0 saturated heterocycles. The number of aromatic nitrogens is 1. The quantitative estimate of drug-likeness (QED) is 0.722. The Morgan fingerprint density at radius 3 is 3.25 bits per heavy atom. The first-order valence-corrected chi connectivity index (χ1v) is 4.16. The van der Waals surface area contributed by atoms with Gasteiger partial charge in [0.1, 0.15) is 10.8 Å². The van der Waals surface area contributed by atoms with Crippen molar-refractivity contribution in [1.82, 2.24) is 4.98 Å². The van der Waals surface area contributed by atoms with Crippen molar-refractivity contribution in [2.24, 2.45) is 0 Å². The summed E-state index contributed by atoms with van der Waals surface area (Å²) in [6.45, 7) is 0.936. The molecular formula is C8H9ClN2O. The molecular weight excluding hydrogens is 176 g/mol. The van der Waals surface area contributed by atoms with Gasteiger partial charge in [-0.25, -0.2) is 0 Å². The van der Waals surface area contributed by atoms with Crippen molar-refractivity contribution in [3.63, 3.8) is 0 Å². The standard InChI is InChI=1S/C8H9ClN2O/c1-12-8-6(9)4-5-2-3-10-7(5)11-8/h4H,2-3H2,1H3,(H,10,11). The lowest BCUT2D eigenvalue weighted by Gasteiger charge is -2.04. The molecule has 0 spiro atoms. The largest absolute Gasteiger partial charge is 0.480 e. The van der Waals surface area contributed by atoms with E-state index < -0.39 is 0 Å².